The van der Waals surface area contributed by atoms with Crippen LogP contribution in [0.3, 0.4) is 0 Å². The van der Waals surface area contributed by atoms with Crippen LogP contribution in [0.4, 0.5) is 5.82 Å². The Morgan fingerprint density at radius 2 is 1.77 bits per heavy atom. The number of nitrogens with one attached hydrogen (secondary N) is 2. The summed E-state index contributed by atoms with van der Waals surface area (Å²) in [5, 5.41) is 6.73. The predicted molar refractivity (Wildman–Crippen MR) is 125 cm³/mol. The molecule has 1 aliphatic rings. The van der Waals surface area contributed by atoms with Crippen molar-refractivity contribution < 1.29 is 9.47 Å². The predicted octanol–water partition coefficient (Wildman–Crippen LogP) is 2.11. The van der Waals surface area contributed by atoms with E-state index < -0.39 is 0 Å². The number of rotatable bonds is 8. The van der Waals surface area contributed by atoms with Gasteiger partial charge in [-0.15, -0.1) is 0 Å². The Labute approximate surface area is 185 Å². The van der Waals surface area contributed by atoms with E-state index in [1.807, 2.05) is 30.5 Å². The number of aliphatic imine (C=N–C) groups is 1. The van der Waals surface area contributed by atoms with E-state index >= 15 is 0 Å². The molecule has 2 N–H and O–H groups in total. The van der Waals surface area contributed by atoms with Crippen LogP contribution >= 0.6 is 0 Å². The lowest BCUT2D eigenvalue weighted by molar-refractivity contribution is 0.312. The van der Waals surface area contributed by atoms with Gasteiger partial charge in [0.2, 0.25) is 0 Å². The third-order valence-electron chi connectivity index (χ3n) is 5.31. The molecule has 2 heterocycles. The standard InChI is InChI=1S/C23H34N6O2/c1-5-24-23(26-16-18-6-7-20(30-3)21(14-18)31-4)27-17-19-8-9-25-22(15-19)29-12-10-28(2)11-13-29/h6-9,14-15H,5,10-13,16-17H2,1-4H3,(H2,24,26,27). The summed E-state index contributed by atoms with van der Waals surface area (Å²) in [6, 6.07) is 10.1. The van der Waals surface area contributed by atoms with Gasteiger partial charge in [0.05, 0.1) is 20.8 Å². The second kappa shape index (κ2) is 11.4. The molecule has 1 aromatic carbocycles. The fraction of sp³-hybridized carbons (Fsp3) is 0.478. The van der Waals surface area contributed by atoms with E-state index in [1.54, 1.807) is 14.2 Å². The number of hydrogen-bond donors (Lipinski definition) is 2. The maximum absolute atomic E-state index is 5.39. The monoisotopic (exact) mass is 426 g/mol. The summed E-state index contributed by atoms with van der Waals surface area (Å²) in [6.07, 6.45) is 1.89. The highest BCUT2D eigenvalue weighted by Crippen LogP contribution is 2.27. The van der Waals surface area contributed by atoms with Crippen LogP contribution in [-0.2, 0) is 13.1 Å². The zero-order valence-corrected chi connectivity index (χ0v) is 19.0. The molecule has 0 bridgehead atoms. The molecule has 3 rings (SSSR count). The first-order valence-electron chi connectivity index (χ1n) is 10.7. The van der Waals surface area contributed by atoms with Crippen LogP contribution in [0.25, 0.3) is 0 Å². The molecular weight excluding hydrogens is 392 g/mol. The van der Waals surface area contributed by atoms with Crippen LogP contribution in [-0.4, -0.2) is 69.8 Å². The van der Waals surface area contributed by atoms with Gasteiger partial charge in [0.1, 0.15) is 5.82 Å². The third-order valence-corrected chi connectivity index (χ3v) is 5.31. The topological polar surface area (TPSA) is 74.2 Å². The summed E-state index contributed by atoms with van der Waals surface area (Å²) in [6.45, 7) is 8.23. The van der Waals surface area contributed by atoms with Gasteiger partial charge in [-0.3, -0.25) is 0 Å². The van der Waals surface area contributed by atoms with Gasteiger partial charge >= 0.3 is 0 Å². The van der Waals surface area contributed by atoms with Crippen molar-refractivity contribution in [2.24, 2.45) is 4.99 Å². The zero-order chi connectivity index (χ0) is 22.1. The fourth-order valence-corrected chi connectivity index (χ4v) is 3.46. The Morgan fingerprint density at radius 3 is 2.48 bits per heavy atom. The molecule has 1 aliphatic heterocycles. The number of aromatic nitrogens is 1. The molecule has 0 spiro atoms. The summed E-state index contributed by atoms with van der Waals surface area (Å²) in [7, 11) is 5.44. The van der Waals surface area contributed by atoms with Crippen molar-refractivity contribution in [3.8, 4) is 11.5 Å². The Morgan fingerprint density at radius 1 is 1.00 bits per heavy atom. The number of guanidine groups is 1. The first-order valence-corrected chi connectivity index (χ1v) is 10.7. The van der Waals surface area contributed by atoms with Gasteiger partial charge in [-0.2, -0.15) is 0 Å². The largest absolute Gasteiger partial charge is 0.493 e. The van der Waals surface area contributed by atoms with E-state index in [0.29, 0.717) is 24.6 Å². The van der Waals surface area contributed by atoms with Crippen molar-refractivity contribution in [2.75, 3.05) is 58.9 Å². The number of piperazine rings is 1. The Balaban J connectivity index is 1.62. The average molecular weight is 427 g/mol. The van der Waals surface area contributed by atoms with Crippen LogP contribution in [0, 0.1) is 0 Å². The highest BCUT2D eigenvalue weighted by molar-refractivity contribution is 5.79. The number of nitrogens with zero attached hydrogens (tertiary/aromatic N) is 4. The van der Waals surface area contributed by atoms with Crippen LogP contribution in [0.5, 0.6) is 11.5 Å². The van der Waals surface area contributed by atoms with Gasteiger partial charge in [-0.1, -0.05) is 6.07 Å². The summed E-state index contributed by atoms with van der Waals surface area (Å²) >= 11 is 0. The Bertz CT molecular complexity index is 865. The molecule has 1 saturated heterocycles. The molecule has 1 aromatic heterocycles. The molecule has 1 fully saturated rings. The first-order chi connectivity index (χ1) is 15.1. The van der Waals surface area contributed by atoms with Crippen molar-refractivity contribution >= 4 is 11.8 Å². The molecule has 8 nitrogen and oxygen atoms in total. The third kappa shape index (κ3) is 6.49. The summed E-state index contributed by atoms with van der Waals surface area (Å²) in [5.41, 5.74) is 2.23. The van der Waals surface area contributed by atoms with E-state index in [1.165, 1.54) is 5.56 Å². The normalized spacial score (nSPS) is 15.0. The van der Waals surface area contributed by atoms with Crippen LogP contribution in [0.1, 0.15) is 18.1 Å². The van der Waals surface area contributed by atoms with E-state index in [2.05, 4.69) is 45.5 Å². The molecule has 2 aromatic rings. The minimum absolute atomic E-state index is 0.540. The maximum atomic E-state index is 5.39. The van der Waals surface area contributed by atoms with Crippen molar-refractivity contribution in [2.45, 2.75) is 20.0 Å². The van der Waals surface area contributed by atoms with Gasteiger partial charge in [0.15, 0.2) is 17.5 Å². The van der Waals surface area contributed by atoms with Gasteiger partial charge in [-0.05, 0) is 49.4 Å². The molecule has 8 heteroatoms. The van der Waals surface area contributed by atoms with E-state index in [-0.39, 0.29) is 0 Å². The lowest BCUT2D eigenvalue weighted by Crippen LogP contribution is -2.44. The minimum Gasteiger partial charge on any atom is -0.493 e. The molecule has 0 saturated carbocycles. The zero-order valence-electron chi connectivity index (χ0n) is 19.0. The quantitative estimate of drug-likeness (QED) is 0.495. The lowest BCUT2D eigenvalue weighted by Gasteiger charge is -2.33. The van der Waals surface area contributed by atoms with Crippen molar-refractivity contribution in [1.29, 1.82) is 0 Å². The summed E-state index contributed by atoms with van der Waals surface area (Å²) < 4.78 is 10.7. The molecule has 0 aliphatic carbocycles. The fourth-order valence-electron chi connectivity index (χ4n) is 3.46. The van der Waals surface area contributed by atoms with E-state index in [4.69, 9.17) is 14.5 Å². The minimum atomic E-state index is 0.540. The van der Waals surface area contributed by atoms with E-state index in [0.717, 1.165) is 50.1 Å². The first kappa shape index (κ1) is 22.7. The maximum Gasteiger partial charge on any atom is 0.191 e. The molecule has 0 atom stereocenters. The van der Waals surface area contributed by atoms with Crippen LogP contribution in [0.15, 0.2) is 41.5 Å². The highest BCUT2D eigenvalue weighted by atomic mass is 16.5. The molecule has 168 valence electrons. The second-order valence-corrected chi connectivity index (χ2v) is 7.55. The number of hydrogen-bond acceptors (Lipinski definition) is 6. The average Bonchev–Trinajstić information content (AvgIpc) is 2.81. The molecule has 31 heavy (non-hydrogen) atoms. The van der Waals surface area contributed by atoms with Gasteiger partial charge in [0, 0.05) is 45.5 Å². The second-order valence-electron chi connectivity index (χ2n) is 7.55. The number of anilines is 1. The number of pyridine rings is 1. The van der Waals surface area contributed by atoms with Gasteiger partial charge in [0.25, 0.3) is 0 Å². The highest BCUT2D eigenvalue weighted by Gasteiger charge is 2.15. The Hall–Kier alpha value is -3.00. The van der Waals surface area contributed by atoms with Crippen molar-refractivity contribution in [1.82, 2.24) is 20.5 Å². The molecule has 0 unspecified atom stereocenters. The van der Waals surface area contributed by atoms with Gasteiger partial charge in [-0.25, -0.2) is 9.98 Å². The number of methoxy groups -OCH3 is 2. The van der Waals surface area contributed by atoms with Gasteiger partial charge < -0.3 is 29.9 Å². The SMILES string of the molecule is CCNC(=NCc1ccc(OC)c(OC)c1)NCc1ccnc(N2CCN(C)CC2)c1. The van der Waals surface area contributed by atoms with Crippen molar-refractivity contribution in [3.05, 3.63) is 47.7 Å². The number of benzene rings is 1. The number of likely N-dealkylation sites (N-methyl/N-ethyl adjacent to an activating group) is 1. The number of ether oxygens (including phenoxy) is 2. The molecular formula is C23H34N6O2. The van der Waals surface area contributed by atoms with Crippen LogP contribution < -0.4 is 25.0 Å². The molecule has 0 radical (unpaired) electrons. The Kier molecular flexibility index (Phi) is 8.35. The van der Waals surface area contributed by atoms with Crippen molar-refractivity contribution in [3.63, 3.8) is 0 Å². The van der Waals surface area contributed by atoms with Crippen LogP contribution in [0.2, 0.25) is 0 Å². The van der Waals surface area contributed by atoms with E-state index in [9.17, 15) is 0 Å². The smallest absolute Gasteiger partial charge is 0.191 e. The summed E-state index contributed by atoms with van der Waals surface area (Å²) in [4.78, 5) is 14.0. The lowest BCUT2D eigenvalue weighted by atomic mass is 10.2. The molecule has 0 amide bonds. The summed E-state index contributed by atoms with van der Waals surface area (Å²) in [5.74, 6) is 3.24.